The van der Waals surface area contributed by atoms with E-state index in [1.54, 1.807) is 6.07 Å². The fourth-order valence-electron chi connectivity index (χ4n) is 4.38. The number of likely N-dealkylation sites (N-methyl/N-ethyl adjacent to an activating group) is 1. The van der Waals surface area contributed by atoms with Gasteiger partial charge < -0.3 is 4.57 Å². The Kier molecular flexibility index (Phi) is 4.36. The molecule has 0 bridgehead atoms. The lowest BCUT2D eigenvalue weighted by molar-refractivity contribution is 0.177. The van der Waals surface area contributed by atoms with Crippen molar-refractivity contribution in [2.45, 2.75) is 52.2 Å². The number of rotatable bonds is 3. The van der Waals surface area contributed by atoms with E-state index in [9.17, 15) is 4.39 Å². The molecule has 136 valence electrons. The highest BCUT2D eigenvalue weighted by Crippen LogP contribution is 2.39. The van der Waals surface area contributed by atoms with Crippen LogP contribution in [0.2, 0.25) is 0 Å². The monoisotopic (exact) mass is 350 g/mol. The largest absolute Gasteiger partial charge is 0.341 e. The van der Waals surface area contributed by atoms with Gasteiger partial charge in [-0.05, 0) is 51.4 Å². The number of fused-ring (bicyclic) bond motifs is 3. The van der Waals surface area contributed by atoms with Crippen molar-refractivity contribution in [2.24, 2.45) is 0 Å². The Balaban J connectivity index is 1.81. The molecule has 0 saturated carbocycles. The molecular formula is C23H27FN2. The van der Waals surface area contributed by atoms with Gasteiger partial charge in [0.1, 0.15) is 5.82 Å². The molecule has 1 aliphatic heterocycles. The molecule has 2 unspecified atom stereocenters. The molecule has 1 aromatic heterocycles. The molecule has 0 amide bonds. The summed E-state index contributed by atoms with van der Waals surface area (Å²) in [5.41, 5.74) is 5.98. The van der Waals surface area contributed by atoms with Crippen molar-refractivity contribution >= 4 is 10.9 Å². The summed E-state index contributed by atoms with van der Waals surface area (Å²) in [5, 5.41) is 1.08. The van der Waals surface area contributed by atoms with Gasteiger partial charge in [0, 0.05) is 36.1 Å². The SMILES string of the molecule is Cc1ccc(CCn2c3c(c4cccc(F)c42)C(C)N(C)C(C)C3)cc1. The summed E-state index contributed by atoms with van der Waals surface area (Å²) in [6, 6.07) is 14.9. The Morgan fingerprint density at radius 1 is 1.08 bits per heavy atom. The normalized spacial score (nSPS) is 20.5. The Morgan fingerprint density at radius 2 is 1.81 bits per heavy atom. The smallest absolute Gasteiger partial charge is 0.147 e. The predicted octanol–water partition coefficient (Wildman–Crippen LogP) is 5.27. The second-order valence-electron chi connectivity index (χ2n) is 7.78. The third-order valence-electron chi connectivity index (χ3n) is 6.14. The maximum absolute atomic E-state index is 14.8. The fraction of sp³-hybridized carbons (Fsp3) is 0.391. The van der Waals surface area contributed by atoms with E-state index < -0.39 is 0 Å². The molecule has 4 rings (SSSR count). The number of hydrogen-bond acceptors (Lipinski definition) is 1. The maximum atomic E-state index is 14.8. The molecule has 2 heterocycles. The molecule has 3 heteroatoms. The number of halogens is 1. The van der Waals surface area contributed by atoms with E-state index in [1.807, 2.05) is 6.07 Å². The standard InChI is InChI=1S/C23H27FN2/c1-15-8-10-18(11-9-15)12-13-26-21-14-16(2)25(4)17(3)22(21)19-6-5-7-20(24)23(19)26/h5-11,16-17H,12-14H2,1-4H3. The molecule has 0 saturated heterocycles. The Bertz CT molecular complexity index is 939. The van der Waals surface area contributed by atoms with Gasteiger partial charge in [-0.2, -0.15) is 0 Å². The van der Waals surface area contributed by atoms with Gasteiger partial charge in [-0.15, -0.1) is 0 Å². The van der Waals surface area contributed by atoms with Gasteiger partial charge in [0.05, 0.1) is 5.52 Å². The summed E-state index contributed by atoms with van der Waals surface area (Å²) in [7, 11) is 2.17. The van der Waals surface area contributed by atoms with Crippen LogP contribution in [0.15, 0.2) is 42.5 Å². The summed E-state index contributed by atoms with van der Waals surface area (Å²) in [5.74, 6) is -0.108. The third-order valence-corrected chi connectivity index (χ3v) is 6.14. The molecule has 26 heavy (non-hydrogen) atoms. The van der Waals surface area contributed by atoms with Crippen molar-refractivity contribution in [3.8, 4) is 0 Å². The number of para-hydroxylation sites is 1. The van der Waals surface area contributed by atoms with Crippen molar-refractivity contribution in [3.63, 3.8) is 0 Å². The average Bonchev–Trinajstić information content (AvgIpc) is 2.94. The minimum atomic E-state index is -0.108. The van der Waals surface area contributed by atoms with E-state index in [1.165, 1.54) is 22.4 Å². The van der Waals surface area contributed by atoms with Crippen LogP contribution in [0, 0.1) is 12.7 Å². The van der Waals surface area contributed by atoms with Crippen molar-refractivity contribution < 1.29 is 4.39 Å². The topological polar surface area (TPSA) is 8.17 Å². The van der Waals surface area contributed by atoms with Crippen LogP contribution >= 0.6 is 0 Å². The number of aromatic nitrogens is 1. The molecule has 0 radical (unpaired) electrons. The molecule has 0 N–H and O–H groups in total. The lowest BCUT2D eigenvalue weighted by Gasteiger charge is -2.36. The summed E-state index contributed by atoms with van der Waals surface area (Å²) in [6.07, 6.45) is 1.89. The zero-order valence-electron chi connectivity index (χ0n) is 16.1. The van der Waals surface area contributed by atoms with Gasteiger partial charge >= 0.3 is 0 Å². The zero-order valence-corrected chi connectivity index (χ0v) is 16.1. The van der Waals surface area contributed by atoms with E-state index in [4.69, 9.17) is 0 Å². The van der Waals surface area contributed by atoms with Crippen molar-refractivity contribution in [1.29, 1.82) is 0 Å². The van der Waals surface area contributed by atoms with Gasteiger partial charge in [-0.25, -0.2) is 4.39 Å². The Morgan fingerprint density at radius 3 is 2.54 bits per heavy atom. The molecule has 0 spiro atoms. The lowest BCUT2D eigenvalue weighted by Crippen LogP contribution is -2.38. The highest BCUT2D eigenvalue weighted by molar-refractivity contribution is 5.87. The molecular weight excluding hydrogens is 323 g/mol. The first-order valence-electron chi connectivity index (χ1n) is 9.54. The predicted molar refractivity (Wildman–Crippen MR) is 106 cm³/mol. The Labute approximate surface area is 155 Å². The third kappa shape index (κ3) is 2.75. The Hall–Kier alpha value is -2.13. The van der Waals surface area contributed by atoms with E-state index >= 15 is 0 Å². The second kappa shape index (κ2) is 6.55. The number of hydrogen-bond donors (Lipinski definition) is 0. The molecule has 0 fully saturated rings. The lowest BCUT2D eigenvalue weighted by atomic mass is 9.93. The first-order chi connectivity index (χ1) is 12.5. The zero-order chi connectivity index (χ0) is 18.4. The maximum Gasteiger partial charge on any atom is 0.147 e. The van der Waals surface area contributed by atoms with E-state index in [0.717, 1.165) is 30.3 Å². The molecule has 1 aliphatic rings. The van der Waals surface area contributed by atoms with Crippen LogP contribution in [0.5, 0.6) is 0 Å². The van der Waals surface area contributed by atoms with Crippen LogP contribution < -0.4 is 0 Å². The minimum absolute atomic E-state index is 0.108. The van der Waals surface area contributed by atoms with E-state index in [-0.39, 0.29) is 5.82 Å². The van der Waals surface area contributed by atoms with Gasteiger partial charge in [0.15, 0.2) is 0 Å². The quantitative estimate of drug-likeness (QED) is 0.625. The molecule has 0 aliphatic carbocycles. The van der Waals surface area contributed by atoms with Gasteiger partial charge in [-0.3, -0.25) is 4.90 Å². The van der Waals surface area contributed by atoms with Crippen LogP contribution in [0.1, 0.15) is 42.3 Å². The molecule has 3 aromatic rings. The molecule has 2 nitrogen and oxygen atoms in total. The molecule has 2 atom stereocenters. The van der Waals surface area contributed by atoms with Crippen LogP contribution in [0.25, 0.3) is 10.9 Å². The summed E-state index contributed by atoms with van der Waals surface area (Å²) >= 11 is 0. The summed E-state index contributed by atoms with van der Waals surface area (Å²) in [6.45, 7) is 7.42. The number of benzene rings is 2. The van der Waals surface area contributed by atoms with Crippen LogP contribution in [-0.4, -0.2) is 22.6 Å². The van der Waals surface area contributed by atoms with Gasteiger partial charge in [0.25, 0.3) is 0 Å². The van der Waals surface area contributed by atoms with Gasteiger partial charge in [-0.1, -0.05) is 42.0 Å². The highest BCUT2D eigenvalue weighted by atomic mass is 19.1. The van der Waals surface area contributed by atoms with E-state index in [0.29, 0.717) is 12.1 Å². The second-order valence-corrected chi connectivity index (χ2v) is 7.78. The summed E-state index contributed by atoms with van der Waals surface area (Å²) < 4.78 is 17.0. The van der Waals surface area contributed by atoms with Crippen molar-refractivity contribution in [3.05, 3.63) is 70.7 Å². The minimum Gasteiger partial charge on any atom is -0.341 e. The first-order valence-corrected chi connectivity index (χ1v) is 9.54. The number of aryl methyl sites for hydroxylation is 3. The first kappa shape index (κ1) is 17.3. The van der Waals surface area contributed by atoms with Crippen LogP contribution in [0.4, 0.5) is 4.39 Å². The fourth-order valence-corrected chi connectivity index (χ4v) is 4.38. The summed E-state index contributed by atoms with van der Waals surface area (Å²) in [4.78, 5) is 2.40. The van der Waals surface area contributed by atoms with Crippen LogP contribution in [0.3, 0.4) is 0 Å². The van der Waals surface area contributed by atoms with Crippen LogP contribution in [-0.2, 0) is 19.4 Å². The van der Waals surface area contributed by atoms with E-state index in [2.05, 4.69) is 67.6 Å². The number of nitrogens with zero attached hydrogens (tertiary/aromatic N) is 2. The van der Waals surface area contributed by atoms with Gasteiger partial charge in [0.2, 0.25) is 0 Å². The van der Waals surface area contributed by atoms with Crippen molar-refractivity contribution in [1.82, 2.24) is 9.47 Å². The highest BCUT2D eigenvalue weighted by Gasteiger charge is 2.32. The average molecular weight is 350 g/mol. The molecule has 2 aromatic carbocycles. The van der Waals surface area contributed by atoms with Crippen molar-refractivity contribution in [2.75, 3.05) is 7.05 Å².